The van der Waals surface area contributed by atoms with Gasteiger partial charge in [0.15, 0.2) is 0 Å². The van der Waals surface area contributed by atoms with Crippen molar-refractivity contribution in [2.45, 2.75) is 45.1 Å². The quantitative estimate of drug-likeness (QED) is 0.920. The third-order valence-electron chi connectivity index (χ3n) is 3.82. The lowest BCUT2D eigenvalue weighted by Crippen LogP contribution is -2.40. The zero-order valence-corrected chi connectivity index (χ0v) is 14.1. The van der Waals surface area contributed by atoms with Crippen molar-refractivity contribution in [1.29, 1.82) is 0 Å². The van der Waals surface area contributed by atoms with Crippen LogP contribution >= 0.6 is 0 Å². The summed E-state index contributed by atoms with van der Waals surface area (Å²) < 4.78 is 13.0. The van der Waals surface area contributed by atoms with Crippen molar-refractivity contribution in [3.63, 3.8) is 0 Å². The molecule has 0 bridgehead atoms. The van der Waals surface area contributed by atoms with Crippen LogP contribution in [0.2, 0.25) is 0 Å². The van der Waals surface area contributed by atoms with E-state index >= 15 is 0 Å². The standard InChI is InChI=1S/C16H27N3O3/c1-16(2,3)22-15(20)19-10-13(14(11-19)21-5)17-9-12-7-6-8-18(12)4/h6-8,13-14,17H,9-11H2,1-5H3/t13-,14-/m0/s1. The first-order valence-corrected chi connectivity index (χ1v) is 7.64. The highest BCUT2D eigenvalue weighted by molar-refractivity contribution is 5.68. The Hall–Kier alpha value is -1.53. The second kappa shape index (κ2) is 6.71. The molecule has 1 amide bonds. The van der Waals surface area contributed by atoms with Gasteiger partial charge in [0.05, 0.1) is 18.7 Å². The van der Waals surface area contributed by atoms with Gasteiger partial charge in [-0.1, -0.05) is 0 Å². The first kappa shape index (κ1) is 16.8. The minimum Gasteiger partial charge on any atom is -0.444 e. The molecule has 1 fully saturated rings. The van der Waals surface area contributed by atoms with Crippen molar-refractivity contribution in [2.24, 2.45) is 7.05 Å². The summed E-state index contributed by atoms with van der Waals surface area (Å²) in [6.07, 6.45) is 1.72. The summed E-state index contributed by atoms with van der Waals surface area (Å²) in [5.74, 6) is 0. The van der Waals surface area contributed by atoms with Gasteiger partial charge in [0.25, 0.3) is 0 Å². The smallest absolute Gasteiger partial charge is 0.410 e. The number of carbonyl (C=O) groups excluding carboxylic acids is 1. The Morgan fingerprint density at radius 1 is 1.41 bits per heavy atom. The first-order chi connectivity index (χ1) is 10.3. The van der Waals surface area contributed by atoms with Gasteiger partial charge in [-0.3, -0.25) is 0 Å². The van der Waals surface area contributed by atoms with Crippen molar-refractivity contribution >= 4 is 6.09 Å². The molecule has 2 rings (SSSR count). The molecule has 1 aliphatic rings. The number of carbonyl (C=O) groups is 1. The number of aryl methyl sites for hydroxylation is 1. The number of nitrogens with zero attached hydrogens (tertiary/aromatic N) is 2. The Morgan fingerprint density at radius 3 is 2.68 bits per heavy atom. The van der Waals surface area contributed by atoms with E-state index in [4.69, 9.17) is 9.47 Å². The van der Waals surface area contributed by atoms with Gasteiger partial charge in [-0.25, -0.2) is 4.79 Å². The van der Waals surface area contributed by atoms with Crippen LogP contribution in [0.15, 0.2) is 18.3 Å². The normalized spacial score (nSPS) is 22.1. The summed E-state index contributed by atoms with van der Waals surface area (Å²) in [6, 6.07) is 4.20. The van der Waals surface area contributed by atoms with E-state index in [0.29, 0.717) is 13.1 Å². The van der Waals surface area contributed by atoms with Gasteiger partial charge >= 0.3 is 6.09 Å². The Morgan fingerprint density at radius 2 is 2.14 bits per heavy atom. The highest BCUT2D eigenvalue weighted by Crippen LogP contribution is 2.18. The van der Waals surface area contributed by atoms with Crippen LogP contribution in [0.4, 0.5) is 4.79 Å². The average Bonchev–Trinajstić information content (AvgIpc) is 3.00. The number of rotatable bonds is 4. The van der Waals surface area contributed by atoms with Gasteiger partial charge in [-0.15, -0.1) is 0 Å². The van der Waals surface area contributed by atoms with Crippen molar-refractivity contribution < 1.29 is 14.3 Å². The predicted molar refractivity (Wildman–Crippen MR) is 84.6 cm³/mol. The highest BCUT2D eigenvalue weighted by Gasteiger charge is 2.37. The van der Waals surface area contributed by atoms with Gasteiger partial charge in [0.2, 0.25) is 0 Å². The number of aromatic nitrogens is 1. The van der Waals surface area contributed by atoms with Crippen LogP contribution in [-0.2, 0) is 23.1 Å². The van der Waals surface area contributed by atoms with Crippen LogP contribution in [-0.4, -0.2) is 53.5 Å². The van der Waals surface area contributed by atoms with Gasteiger partial charge in [0.1, 0.15) is 5.60 Å². The lowest BCUT2D eigenvalue weighted by Gasteiger charge is -2.24. The predicted octanol–water partition coefficient (Wildman–Crippen LogP) is 1.75. The van der Waals surface area contributed by atoms with Gasteiger partial charge in [-0.2, -0.15) is 0 Å². The van der Waals surface area contributed by atoms with Crippen LogP contribution in [0.25, 0.3) is 0 Å². The lowest BCUT2D eigenvalue weighted by atomic mass is 10.2. The molecule has 0 saturated carbocycles. The summed E-state index contributed by atoms with van der Waals surface area (Å²) in [6.45, 7) is 7.52. The van der Waals surface area contributed by atoms with Crippen LogP contribution < -0.4 is 5.32 Å². The molecule has 6 nitrogen and oxygen atoms in total. The largest absolute Gasteiger partial charge is 0.444 e. The molecule has 1 aliphatic heterocycles. The van der Waals surface area contributed by atoms with Crippen LogP contribution in [0.3, 0.4) is 0 Å². The van der Waals surface area contributed by atoms with Crippen molar-refractivity contribution in [2.75, 3.05) is 20.2 Å². The molecule has 0 aliphatic carbocycles. The molecular weight excluding hydrogens is 282 g/mol. The van der Waals surface area contributed by atoms with E-state index in [9.17, 15) is 4.79 Å². The van der Waals surface area contributed by atoms with Crippen molar-refractivity contribution in [1.82, 2.24) is 14.8 Å². The van der Waals surface area contributed by atoms with E-state index in [1.165, 1.54) is 5.69 Å². The minimum absolute atomic E-state index is 0.0206. The second-order valence-corrected chi connectivity index (χ2v) is 6.76. The monoisotopic (exact) mass is 309 g/mol. The Kier molecular flexibility index (Phi) is 5.13. The van der Waals surface area contributed by atoms with E-state index < -0.39 is 5.60 Å². The van der Waals surface area contributed by atoms with E-state index in [0.717, 1.165) is 6.54 Å². The Bertz CT molecular complexity index is 507. The SMILES string of the molecule is CO[C@H]1CN(C(=O)OC(C)(C)C)C[C@@H]1NCc1cccn1C. The number of likely N-dealkylation sites (tertiary alicyclic amines) is 1. The first-order valence-electron chi connectivity index (χ1n) is 7.64. The molecule has 1 N–H and O–H groups in total. The zero-order chi connectivity index (χ0) is 16.3. The van der Waals surface area contributed by atoms with E-state index in [1.807, 2.05) is 40.1 Å². The maximum absolute atomic E-state index is 12.2. The van der Waals surface area contributed by atoms with Crippen LogP contribution in [0.5, 0.6) is 0 Å². The number of methoxy groups -OCH3 is 1. The molecule has 0 radical (unpaired) electrons. The topological polar surface area (TPSA) is 55.7 Å². The fourth-order valence-corrected chi connectivity index (χ4v) is 2.60. The molecule has 6 heteroatoms. The summed E-state index contributed by atoms with van der Waals surface area (Å²) >= 11 is 0. The van der Waals surface area contributed by atoms with E-state index in [2.05, 4.69) is 16.0 Å². The number of ether oxygens (including phenoxy) is 2. The zero-order valence-electron chi connectivity index (χ0n) is 14.1. The number of nitrogens with one attached hydrogen (secondary N) is 1. The molecule has 124 valence electrons. The maximum atomic E-state index is 12.2. The molecular formula is C16H27N3O3. The van der Waals surface area contributed by atoms with Gasteiger partial charge in [-0.05, 0) is 32.9 Å². The number of hydrogen-bond acceptors (Lipinski definition) is 4. The molecule has 1 aromatic heterocycles. The third kappa shape index (κ3) is 4.24. The summed E-state index contributed by atoms with van der Waals surface area (Å²) in [5.41, 5.74) is 0.722. The molecule has 0 unspecified atom stereocenters. The maximum Gasteiger partial charge on any atom is 0.410 e. The van der Waals surface area contributed by atoms with E-state index in [1.54, 1.807) is 12.0 Å². The lowest BCUT2D eigenvalue weighted by molar-refractivity contribution is 0.0252. The second-order valence-electron chi connectivity index (χ2n) is 6.76. The van der Waals surface area contributed by atoms with Crippen LogP contribution in [0, 0.1) is 0 Å². The molecule has 1 aromatic rings. The average molecular weight is 309 g/mol. The molecule has 2 heterocycles. The van der Waals surface area contributed by atoms with E-state index in [-0.39, 0.29) is 18.2 Å². The fourth-order valence-electron chi connectivity index (χ4n) is 2.60. The Labute approximate surface area is 132 Å². The van der Waals surface area contributed by atoms with Crippen molar-refractivity contribution in [3.05, 3.63) is 24.0 Å². The fraction of sp³-hybridized carbons (Fsp3) is 0.688. The summed E-state index contributed by atoms with van der Waals surface area (Å²) in [5, 5.41) is 3.48. The van der Waals surface area contributed by atoms with Crippen molar-refractivity contribution in [3.8, 4) is 0 Å². The molecule has 2 atom stereocenters. The van der Waals surface area contributed by atoms with Crippen LogP contribution in [0.1, 0.15) is 26.5 Å². The number of hydrogen-bond donors (Lipinski definition) is 1. The molecule has 22 heavy (non-hydrogen) atoms. The highest BCUT2D eigenvalue weighted by atomic mass is 16.6. The summed E-state index contributed by atoms with van der Waals surface area (Å²) in [4.78, 5) is 13.9. The van der Waals surface area contributed by atoms with Gasteiger partial charge < -0.3 is 24.3 Å². The molecule has 0 spiro atoms. The number of amides is 1. The molecule has 0 aromatic carbocycles. The Balaban J connectivity index is 1.92. The third-order valence-corrected chi connectivity index (χ3v) is 3.82. The van der Waals surface area contributed by atoms with Gasteiger partial charge in [0, 0.05) is 39.1 Å². The summed E-state index contributed by atoms with van der Waals surface area (Å²) in [7, 11) is 3.70. The minimum atomic E-state index is -0.478. The molecule has 1 saturated heterocycles.